The second-order valence-electron chi connectivity index (χ2n) is 6.89. The summed E-state index contributed by atoms with van der Waals surface area (Å²) in [6.07, 6.45) is 1.13. The van der Waals surface area contributed by atoms with Crippen molar-refractivity contribution in [3.05, 3.63) is 70.1 Å². The van der Waals surface area contributed by atoms with E-state index in [0.29, 0.717) is 10.6 Å². The molecule has 0 aliphatic heterocycles. The number of carbonyl (C=O) groups excluding carboxylic acids is 3. The van der Waals surface area contributed by atoms with Crippen LogP contribution < -0.4 is 5.32 Å². The molecule has 1 aromatic carbocycles. The van der Waals surface area contributed by atoms with Crippen LogP contribution in [0.2, 0.25) is 10.0 Å². The third-order valence-corrected chi connectivity index (χ3v) is 5.26. The topological polar surface area (TPSA) is 88.6 Å². The van der Waals surface area contributed by atoms with Crippen LogP contribution in [0, 0.1) is 5.82 Å². The van der Waals surface area contributed by atoms with Crippen molar-refractivity contribution < 1.29 is 23.5 Å². The molecule has 0 fully saturated rings. The zero-order valence-corrected chi connectivity index (χ0v) is 19.9. The van der Waals surface area contributed by atoms with Crippen molar-refractivity contribution in [2.45, 2.75) is 25.4 Å². The van der Waals surface area contributed by atoms with Gasteiger partial charge in [0.1, 0.15) is 11.9 Å². The van der Waals surface area contributed by atoms with Crippen LogP contribution in [0.5, 0.6) is 0 Å². The number of alkyl halides is 1. The molecule has 2 rings (SSSR count). The van der Waals surface area contributed by atoms with E-state index in [9.17, 15) is 18.8 Å². The highest BCUT2D eigenvalue weighted by molar-refractivity contribution is 6.30. The smallest absolute Gasteiger partial charge is 0.305 e. The van der Waals surface area contributed by atoms with Gasteiger partial charge >= 0.3 is 5.97 Å². The lowest BCUT2D eigenvalue weighted by atomic mass is 10.00. The van der Waals surface area contributed by atoms with Gasteiger partial charge in [-0.2, -0.15) is 0 Å². The van der Waals surface area contributed by atoms with Gasteiger partial charge in [0, 0.05) is 24.2 Å². The molecule has 0 saturated carbocycles. The van der Waals surface area contributed by atoms with Crippen molar-refractivity contribution in [1.82, 2.24) is 9.88 Å². The summed E-state index contributed by atoms with van der Waals surface area (Å²) in [4.78, 5) is 42.5. The number of carbonyl (C=O) groups is 3. The Morgan fingerprint density at radius 2 is 1.85 bits per heavy atom. The molecule has 176 valence electrons. The molecule has 1 atom stereocenters. The average molecular weight is 517 g/mol. The van der Waals surface area contributed by atoms with Crippen LogP contribution in [-0.4, -0.2) is 46.7 Å². The fourth-order valence-corrected chi connectivity index (χ4v) is 3.35. The number of nitrogens with zero attached hydrogens (tertiary/aromatic N) is 2. The first kappa shape index (κ1) is 26.6. The molecule has 33 heavy (non-hydrogen) atoms. The summed E-state index contributed by atoms with van der Waals surface area (Å²) in [5.41, 5.74) is 0.881. The van der Waals surface area contributed by atoms with E-state index in [2.05, 4.69) is 21.6 Å². The molecule has 0 aliphatic rings. The summed E-state index contributed by atoms with van der Waals surface area (Å²) < 4.78 is 18.9. The molecule has 0 saturated heterocycles. The summed E-state index contributed by atoms with van der Waals surface area (Å²) in [6, 6.07) is 6.34. The Kier molecular flexibility index (Phi) is 10.1. The number of benzene rings is 1. The molecule has 11 heteroatoms. The van der Waals surface area contributed by atoms with E-state index in [-0.39, 0.29) is 35.8 Å². The summed E-state index contributed by atoms with van der Waals surface area (Å²) in [7, 11) is 1.23. The highest BCUT2D eigenvalue weighted by Gasteiger charge is 2.33. The number of pyridine rings is 1. The van der Waals surface area contributed by atoms with Crippen LogP contribution in [0.15, 0.2) is 48.7 Å². The van der Waals surface area contributed by atoms with E-state index in [4.69, 9.17) is 34.8 Å². The Morgan fingerprint density at radius 1 is 1.18 bits per heavy atom. The number of amides is 2. The first-order valence-electron chi connectivity index (χ1n) is 9.62. The number of hydrogen-bond acceptors (Lipinski definition) is 5. The van der Waals surface area contributed by atoms with Crippen molar-refractivity contribution in [1.29, 1.82) is 0 Å². The lowest BCUT2D eigenvalue weighted by molar-refractivity contribution is -0.140. The van der Waals surface area contributed by atoms with Crippen molar-refractivity contribution >= 4 is 58.4 Å². The first-order valence-corrected chi connectivity index (χ1v) is 10.9. The monoisotopic (exact) mass is 515 g/mol. The number of methoxy groups -OCH3 is 1. The summed E-state index contributed by atoms with van der Waals surface area (Å²) in [5, 5.41) is 2.90. The standard InChI is InChI=1S/C22H21Cl3FN3O4/c1-13(3-8-19(31)33-2)20(22(32)28-21-17(26)9-16(25)11-27-21)29(18(30)10-23)12-14-4-6-15(24)7-5-14/h4-7,9,11,20H,1,3,8,10,12H2,2H3,(H,27,28,32). The largest absolute Gasteiger partial charge is 0.469 e. The van der Waals surface area contributed by atoms with Crippen LogP contribution in [0.1, 0.15) is 18.4 Å². The van der Waals surface area contributed by atoms with Crippen molar-refractivity contribution in [2.24, 2.45) is 0 Å². The quantitative estimate of drug-likeness (QED) is 0.283. The van der Waals surface area contributed by atoms with Gasteiger partial charge in [0.15, 0.2) is 11.6 Å². The molecule has 1 N–H and O–H groups in total. The van der Waals surface area contributed by atoms with Crippen LogP contribution >= 0.6 is 34.8 Å². The second-order valence-corrected chi connectivity index (χ2v) is 8.03. The van der Waals surface area contributed by atoms with Crippen LogP contribution in [-0.2, 0) is 25.7 Å². The maximum absolute atomic E-state index is 14.2. The number of halogens is 4. The minimum atomic E-state index is -1.28. The molecule has 2 amide bonds. The Bertz CT molecular complexity index is 1030. The fourth-order valence-electron chi connectivity index (χ4n) is 2.93. The van der Waals surface area contributed by atoms with Gasteiger partial charge in [0.05, 0.1) is 12.1 Å². The zero-order chi connectivity index (χ0) is 24.5. The fraction of sp³-hybridized carbons (Fsp3) is 0.273. The highest BCUT2D eigenvalue weighted by Crippen LogP contribution is 2.23. The molecule has 0 radical (unpaired) electrons. The first-order chi connectivity index (χ1) is 15.7. The maximum atomic E-state index is 14.2. The molecular formula is C22H21Cl3FN3O4. The summed E-state index contributed by atoms with van der Waals surface area (Å²) in [5.74, 6) is -3.53. The summed E-state index contributed by atoms with van der Waals surface area (Å²) in [6.45, 7) is 3.87. The number of ether oxygens (including phenoxy) is 1. The van der Waals surface area contributed by atoms with E-state index in [1.54, 1.807) is 24.3 Å². The van der Waals surface area contributed by atoms with Gasteiger partial charge in [-0.3, -0.25) is 14.4 Å². The Morgan fingerprint density at radius 3 is 2.42 bits per heavy atom. The van der Waals surface area contributed by atoms with E-state index in [0.717, 1.165) is 12.3 Å². The minimum Gasteiger partial charge on any atom is -0.469 e. The molecule has 7 nitrogen and oxygen atoms in total. The normalized spacial score (nSPS) is 11.4. The molecule has 1 unspecified atom stereocenters. The molecule has 1 aromatic heterocycles. The van der Waals surface area contributed by atoms with Gasteiger partial charge in [-0.15, -0.1) is 11.6 Å². The molecule has 0 aliphatic carbocycles. The average Bonchev–Trinajstić information content (AvgIpc) is 2.79. The molecule has 0 spiro atoms. The number of anilines is 1. The lowest BCUT2D eigenvalue weighted by Crippen LogP contribution is -2.48. The Labute approximate surface area is 205 Å². The van der Waals surface area contributed by atoms with Crippen LogP contribution in [0.25, 0.3) is 0 Å². The Balaban J connectivity index is 2.40. The Hall–Kier alpha value is -2.68. The van der Waals surface area contributed by atoms with E-state index in [1.807, 2.05) is 0 Å². The number of nitrogens with one attached hydrogen (secondary N) is 1. The number of hydrogen-bond donors (Lipinski definition) is 1. The predicted molar refractivity (Wildman–Crippen MR) is 125 cm³/mol. The molecular weight excluding hydrogens is 496 g/mol. The number of esters is 1. The predicted octanol–water partition coefficient (Wildman–Crippen LogP) is 4.61. The van der Waals surface area contributed by atoms with Crippen molar-refractivity contribution in [3.63, 3.8) is 0 Å². The van der Waals surface area contributed by atoms with Crippen molar-refractivity contribution in [2.75, 3.05) is 18.3 Å². The molecule has 2 aromatic rings. The van der Waals surface area contributed by atoms with E-state index < -0.39 is 35.5 Å². The molecule has 0 bridgehead atoms. The second kappa shape index (κ2) is 12.5. The lowest BCUT2D eigenvalue weighted by Gasteiger charge is -2.32. The van der Waals surface area contributed by atoms with E-state index >= 15 is 0 Å². The number of aromatic nitrogens is 1. The summed E-state index contributed by atoms with van der Waals surface area (Å²) >= 11 is 17.4. The molecule has 1 heterocycles. The SMILES string of the molecule is C=C(CCC(=O)OC)C(C(=O)Nc1ncc(Cl)cc1F)N(Cc1ccc(Cl)cc1)C(=O)CCl. The van der Waals surface area contributed by atoms with Gasteiger partial charge in [-0.05, 0) is 35.8 Å². The van der Waals surface area contributed by atoms with Crippen LogP contribution in [0.3, 0.4) is 0 Å². The van der Waals surface area contributed by atoms with Gasteiger partial charge in [-0.25, -0.2) is 9.37 Å². The van der Waals surface area contributed by atoms with E-state index in [1.165, 1.54) is 12.0 Å². The highest BCUT2D eigenvalue weighted by atomic mass is 35.5. The maximum Gasteiger partial charge on any atom is 0.305 e. The minimum absolute atomic E-state index is 0.0193. The third-order valence-electron chi connectivity index (χ3n) is 4.57. The van der Waals surface area contributed by atoms with Gasteiger partial charge < -0.3 is 15.0 Å². The van der Waals surface area contributed by atoms with Crippen LogP contribution in [0.4, 0.5) is 10.2 Å². The third kappa shape index (κ3) is 7.70. The van der Waals surface area contributed by atoms with Gasteiger partial charge in [-0.1, -0.05) is 41.9 Å². The van der Waals surface area contributed by atoms with Gasteiger partial charge in [0.25, 0.3) is 5.91 Å². The number of rotatable bonds is 10. The zero-order valence-electron chi connectivity index (χ0n) is 17.6. The van der Waals surface area contributed by atoms with Crippen molar-refractivity contribution in [3.8, 4) is 0 Å². The van der Waals surface area contributed by atoms with Gasteiger partial charge in [0.2, 0.25) is 5.91 Å².